The van der Waals surface area contributed by atoms with E-state index in [4.69, 9.17) is 0 Å². The molecule has 0 aliphatic carbocycles. The van der Waals surface area contributed by atoms with Crippen LogP contribution in [0.3, 0.4) is 0 Å². The third-order valence-corrected chi connectivity index (χ3v) is 7.09. The van der Waals surface area contributed by atoms with Crippen LogP contribution >= 0.6 is 11.8 Å². The fraction of sp³-hybridized carbons (Fsp3) is 0.333. The first-order valence-corrected chi connectivity index (χ1v) is 10.8. The van der Waals surface area contributed by atoms with E-state index < -0.39 is 10.0 Å². The van der Waals surface area contributed by atoms with Crippen LogP contribution in [0.2, 0.25) is 0 Å². The number of carbonyl (C=O) groups is 1. The number of benzene rings is 1. The van der Waals surface area contributed by atoms with Crippen LogP contribution in [0.25, 0.3) is 0 Å². The SMILES string of the molecule is C[C@H](Sc1ccccn1)C(=O)Nc1ccc(S(=O)(=O)N2CCCC2)cc1. The van der Waals surface area contributed by atoms with Crippen molar-refractivity contribution in [2.75, 3.05) is 18.4 Å². The third-order valence-electron chi connectivity index (χ3n) is 4.13. The molecule has 1 aromatic carbocycles. The van der Waals surface area contributed by atoms with E-state index in [2.05, 4.69) is 10.3 Å². The monoisotopic (exact) mass is 391 g/mol. The number of nitrogens with one attached hydrogen (secondary N) is 1. The topological polar surface area (TPSA) is 79.4 Å². The van der Waals surface area contributed by atoms with Gasteiger partial charge in [0.05, 0.1) is 15.2 Å². The Morgan fingerprint density at radius 2 is 1.85 bits per heavy atom. The van der Waals surface area contributed by atoms with Crippen LogP contribution in [0.1, 0.15) is 19.8 Å². The van der Waals surface area contributed by atoms with Crippen LogP contribution in [-0.2, 0) is 14.8 Å². The zero-order valence-electron chi connectivity index (χ0n) is 14.5. The van der Waals surface area contributed by atoms with Crippen molar-refractivity contribution < 1.29 is 13.2 Å². The summed E-state index contributed by atoms with van der Waals surface area (Å²) >= 11 is 1.37. The van der Waals surface area contributed by atoms with E-state index in [-0.39, 0.29) is 16.1 Å². The maximum Gasteiger partial charge on any atom is 0.243 e. The molecule has 1 atom stereocenters. The fourth-order valence-corrected chi connectivity index (χ4v) is 5.01. The van der Waals surface area contributed by atoms with Crippen molar-refractivity contribution in [2.24, 2.45) is 0 Å². The number of carbonyl (C=O) groups excluding carboxylic acids is 1. The molecular formula is C18H21N3O3S2. The van der Waals surface area contributed by atoms with Gasteiger partial charge in [0.2, 0.25) is 15.9 Å². The Balaban J connectivity index is 1.62. The van der Waals surface area contributed by atoms with Crippen molar-refractivity contribution in [3.63, 3.8) is 0 Å². The Bertz CT molecular complexity index is 849. The van der Waals surface area contributed by atoms with E-state index in [1.807, 2.05) is 18.2 Å². The number of amides is 1. The number of anilines is 1. The number of pyridine rings is 1. The number of hydrogen-bond acceptors (Lipinski definition) is 5. The van der Waals surface area contributed by atoms with Crippen molar-refractivity contribution in [1.29, 1.82) is 0 Å². The van der Waals surface area contributed by atoms with Crippen LogP contribution in [0.5, 0.6) is 0 Å². The van der Waals surface area contributed by atoms with Gasteiger partial charge in [0.1, 0.15) is 0 Å². The molecule has 1 fully saturated rings. The number of aromatic nitrogens is 1. The molecular weight excluding hydrogens is 370 g/mol. The molecule has 0 radical (unpaired) electrons. The summed E-state index contributed by atoms with van der Waals surface area (Å²) in [5.74, 6) is -0.157. The van der Waals surface area contributed by atoms with Gasteiger partial charge in [-0.2, -0.15) is 4.31 Å². The van der Waals surface area contributed by atoms with E-state index in [1.165, 1.54) is 16.1 Å². The highest BCUT2D eigenvalue weighted by molar-refractivity contribution is 8.00. The van der Waals surface area contributed by atoms with Crippen LogP contribution in [-0.4, -0.2) is 42.0 Å². The molecule has 2 aromatic rings. The van der Waals surface area contributed by atoms with Gasteiger partial charge in [-0.15, -0.1) is 0 Å². The molecule has 8 heteroatoms. The predicted octanol–water partition coefficient (Wildman–Crippen LogP) is 2.99. The van der Waals surface area contributed by atoms with Crippen LogP contribution < -0.4 is 5.32 Å². The predicted molar refractivity (Wildman–Crippen MR) is 103 cm³/mol. The molecule has 138 valence electrons. The molecule has 1 N–H and O–H groups in total. The van der Waals surface area contributed by atoms with Crippen molar-refractivity contribution in [1.82, 2.24) is 9.29 Å². The number of thioether (sulfide) groups is 1. The lowest BCUT2D eigenvalue weighted by molar-refractivity contribution is -0.115. The summed E-state index contributed by atoms with van der Waals surface area (Å²) in [5.41, 5.74) is 0.573. The quantitative estimate of drug-likeness (QED) is 0.766. The van der Waals surface area contributed by atoms with Gasteiger partial charge >= 0.3 is 0 Å². The van der Waals surface area contributed by atoms with E-state index in [0.29, 0.717) is 18.8 Å². The largest absolute Gasteiger partial charge is 0.325 e. The lowest BCUT2D eigenvalue weighted by Gasteiger charge is -2.16. The van der Waals surface area contributed by atoms with Gasteiger partial charge in [0.15, 0.2) is 0 Å². The van der Waals surface area contributed by atoms with Gasteiger partial charge in [0, 0.05) is 25.0 Å². The van der Waals surface area contributed by atoms with Gasteiger partial charge in [-0.1, -0.05) is 17.8 Å². The molecule has 3 rings (SSSR count). The van der Waals surface area contributed by atoms with Crippen LogP contribution in [0, 0.1) is 0 Å². The van der Waals surface area contributed by atoms with Crippen molar-refractivity contribution in [2.45, 2.75) is 34.9 Å². The Morgan fingerprint density at radius 3 is 2.46 bits per heavy atom. The average Bonchev–Trinajstić information content (AvgIpc) is 3.18. The molecule has 0 unspecified atom stereocenters. The van der Waals surface area contributed by atoms with E-state index in [1.54, 1.807) is 37.4 Å². The van der Waals surface area contributed by atoms with Gasteiger partial charge in [-0.25, -0.2) is 13.4 Å². The second-order valence-electron chi connectivity index (χ2n) is 6.05. The molecule has 1 saturated heterocycles. The van der Waals surface area contributed by atoms with Crippen molar-refractivity contribution in [3.8, 4) is 0 Å². The smallest absolute Gasteiger partial charge is 0.243 e. The van der Waals surface area contributed by atoms with E-state index in [0.717, 1.165) is 17.9 Å². The molecule has 0 bridgehead atoms. The first-order valence-electron chi connectivity index (χ1n) is 8.45. The molecule has 6 nitrogen and oxygen atoms in total. The Morgan fingerprint density at radius 1 is 1.15 bits per heavy atom. The normalized spacial score (nSPS) is 16.3. The summed E-state index contributed by atoms with van der Waals surface area (Å²) in [7, 11) is -3.43. The highest BCUT2D eigenvalue weighted by atomic mass is 32.2. The van der Waals surface area contributed by atoms with Crippen LogP contribution in [0.4, 0.5) is 5.69 Å². The molecule has 0 spiro atoms. The molecule has 1 aliphatic rings. The summed E-state index contributed by atoms with van der Waals surface area (Å²) in [6, 6.07) is 11.9. The maximum absolute atomic E-state index is 12.5. The summed E-state index contributed by atoms with van der Waals surface area (Å²) < 4.78 is 26.5. The minimum absolute atomic E-state index is 0.157. The van der Waals surface area contributed by atoms with Gasteiger partial charge < -0.3 is 5.32 Å². The fourth-order valence-electron chi connectivity index (χ4n) is 2.68. The summed E-state index contributed by atoms with van der Waals surface area (Å²) in [6.45, 7) is 2.95. The Hall–Kier alpha value is -1.90. The number of sulfonamides is 1. The third kappa shape index (κ3) is 4.44. The summed E-state index contributed by atoms with van der Waals surface area (Å²) in [5, 5.41) is 3.27. The summed E-state index contributed by atoms with van der Waals surface area (Å²) in [4.78, 5) is 16.8. The van der Waals surface area contributed by atoms with Gasteiger partial charge in [-0.05, 0) is 56.2 Å². The maximum atomic E-state index is 12.5. The molecule has 2 heterocycles. The zero-order chi connectivity index (χ0) is 18.6. The molecule has 1 aromatic heterocycles. The van der Waals surface area contributed by atoms with Gasteiger partial charge in [0.25, 0.3) is 0 Å². The van der Waals surface area contributed by atoms with Gasteiger partial charge in [-0.3, -0.25) is 4.79 Å². The zero-order valence-corrected chi connectivity index (χ0v) is 16.1. The van der Waals surface area contributed by atoms with Crippen molar-refractivity contribution >= 4 is 33.4 Å². The highest BCUT2D eigenvalue weighted by Gasteiger charge is 2.27. The van der Waals surface area contributed by atoms with E-state index in [9.17, 15) is 13.2 Å². The Labute approximate surface area is 158 Å². The second-order valence-corrected chi connectivity index (χ2v) is 9.35. The first kappa shape index (κ1) is 18.9. The lowest BCUT2D eigenvalue weighted by atomic mass is 10.3. The summed E-state index contributed by atoms with van der Waals surface area (Å²) in [6.07, 6.45) is 3.49. The lowest BCUT2D eigenvalue weighted by Crippen LogP contribution is -2.27. The molecule has 26 heavy (non-hydrogen) atoms. The highest BCUT2D eigenvalue weighted by Crippen LogP contribution is 2.24. The number of hydrogen-bond donors (Lipinski definition) is 1. The van der Waals surface area contributed by atoms with E-state index >= 15 is 0 Å². The minimum Gasteiger partial charge on any atom is -0.325 e. The molecule has 1 aliphatic heterocycles. The first-order chi connectivity index (χ1) is 12.5. The standard InChI is InChI=1S/C18H21N3O3S2/c1-14(25-17-6-2-3-11-19-17)18(22)20-15-7-9-16(10-8-15)26(23,24)21-12-4-5-13-21/h2-3,6-11,14H,4-5,12-13H2,1H3,(H,20,22)/t14-/m0/s1. The van der Waals surface area contributed by atoms with Crippen LogP contribution in [0.15, 0.2) is 58.6 Å². The number of rotatable bonds is 6. The van der Waals surface area contributed by atoms with Crippen molar-refractivity contribution in [3.05, 3.63) is 48.7 Å². The number of nitrogens with zero attached hydrogens (tertiary/aromatic N) is 2. The molecule has 0 saturated carbocycles. The molecule has 1 amide bonds. The average molecular weight is 392 g/mol. The minimum atomic E-state index is -3.43. The Kier molecular flexibility index (Phi) is 5.95. The second kappa shape index (κ2) is 8.20.